The van der Waals surface area contributed by atoms with E-state index in [1.165, 1.54) is 4.90 Å². The minimum absolute atomic E-state index is 0.0754. The molecule has 1 aliphatic heterocycles. The van der Waals surface area contributed by atoms with E-state index in [0.29, 0.717) is 13.0 Å². The first-order valence-corrected chi connectivity index (χ1v) is 8.12. The van der Waals surface area contributed by atoms with Gasteiger partial charge >= 0.3 is 12.1 Å². The number of aliphatic hydroxyl groups excluding tert-OH is 1. The fourth-order valence-corrected chi connectivity index (χ4v) is 3.56. The van der Waals surface area contributed by atoms with Crippen LogP contribution in [0.3, 0.4) is 0 Å². The molecule has 1 fully saturated rings. The molecule has 1 aromatic carbocycles. The van der Waals surface area contributed by atoms with Gasteiger partial charge in [0.2, 0.25) is 0 Å². The zero-order valence-corrected chi connectivity index (χ0v) is 13.4. The topological polar surface area (TPSA) is 98.1 Å². The summed E-state index contributed by atoms with van der Waals surface area (Å²) in [5, 5.41) is 27.8. The fourth-order valence-electron chi connectivity index (χ4n) is 3.56. The molecule has 1 amide bonds. The van der Waals surface area contributed by atoms with Gasteiger partial charge in [0.15, 0.2) is 0 Å². The molecule has 128 valence electrons. The SMILES string of the molecule is O=C(O)C1=C(c2ccc(CCCO)cc2)C2(CC2)CN(C(=O)O)C1. The number of carbonyl (C=O) groups is 2. The van der Waals surface area contributed by atoms with Crippen LogP contribution in [0.2, 0.25) is 0 Å². The standard InChI is InChI=1S/C18H21NO5/c20-9-1-2-12-3-5-13(6-4-12)15-14(16(21)22)10-19(17(23)24)11-18(15)7-8-18/h3-6,20H,1-2,7-11H2,(H,21,22)(H,23,24). The lowest BCUT2D eigenvalue weighted by atomic mass is 9.82. The molecule has 6 nitrogen and oxygen atoms in total. The molecule has 6 heteroatoms. The number of aliphatic carboxylic acids is 1. The van der Waals surface area contributed by atoms with Crippen molar-refractivity contribution in [2.24, 2.45) is 5.41 Å². The van der Waals surface area contributed by atoms with Crippen LogP contribution in [0.1, 0.15) is 30.4 Å². The first-order chi connectivity index (χ1) is 11.5. The van der Waals surface area contributed by atoms with Crippen molar-refractivity contribution in [3.63, 3.8) is 0 Å². The molecule has 1 aliphatic carbocycles. The van der Waals surface area contributed by atoms with E-state index in [2.05, 4.69) is 0 Å². The smallest absolute Gasteiger partial charge is 0.407 e. The zero-order chi connectivity index (χ0) is 17.3. The first kappa shape index (κ1) is 16.5. The molecule has 2 aliphatic rings. The van der Waals surface area contributed by atoms with Crippen LogP contribution in [0.15, 0.2) is 29.8 Å². The Morgan fingerprint density at radius 2 is 1.79 bits per heavy atom. The average Bonchev–Trinajstić information content (AvgIpc) is 3.32. The molecule has 24 heavy (non-hydrogen) atoms. The van der Waals surface area contributed by atoms with E-state index in [0.717, 1.165) is 36.0 Å². The summed E-state index contributed by atoms with van der Waals surface area (Å²) in [5.41, 5.74) is 2.59. The Bertz CT molecular complexity index is 688. The first-order valence-electron chi connectivity index (χ1n) is 8.12. The molecule has 0 saturated heterocycles. The predicted octanol–water partition coefficient (Wildman–Crippen LogP) is 2.22. The largest absolute Gasteiger partial charge is 0.478 e. The zero-order valence-electron chi connectivity index (χ0n) is 13.4. The Morgan fingerprint density at radius 1 is 1.12 bits per heavy atom. The summed E-state index contributed by atoms with van der Waals surface area (Å²) in [6, 6.07) is 7.75. The molecule has 0 aromatic heterocycles. The number of aliphatic hydroxyl groups is 1. The molecule has 3 rings (SSSR count). The molecule has 0 unspecified atom stereocenters. The Morgan fingerprint density at radius 3 is 2.29 bits per heavy atom. The summed E-state index contributed by atoms with van der Waals surface area (Å²) in [4.78, 5) is 24.2. The third kappa shape index (κ3) is 3.01. The van der Waals surface area contributed by atoms with E-state index < -0.39 is 12.1 Å². The second kappa shape index (κ2) is 6.28. The van der Waals surface area contributed by atoms with Crippen LogP contribution < -0.4 is 0 Å². The maximum absolute atomic E-state index is 11.7. The molecule has 3 N–H and O–H groups in total. The van der Waals surface area contributed by atoms with Gasteiger partial charge in [-0.3, -0.25) is 0 Å². The number of hydrogen-bond donors (Lipinski definition) is 3. The van der Waals surface area contributed by atoms with Crippen LogP contribution in [-0.4, -0.2) is 52.0 Å². The molecule has 0 radical (unpaired) electrons. The third-order valence-corrected chi connectivity index (χ3v) is 4.92. The Kier molecular flexibility index (Phi) is 4.32. The molecule has 0 atom stereocenters. The lowest BCUT2D eigenvalue weighted by Gasteiger charge is -2.34. The summed E-state index contributed by atoms with van der Waals surface area (Å²) in [6.45, 7) is 0.429. The van der Waals surface area contributed by atoms with Gasteiger partial charge in [-0.25, -0.2) is 9.59 Å². The molecule has 1 saturated carbocycles. The van der Waals surface area contributed by atoms with Crippen molar-refractivity contribution in [2.75, 3.05) is 19.7 Å². The number of nitrogens with zero attached hydrogens (tertiary/aromatic N) is 1. The highest BCUT2D eigenvalue weighted by atomic mass is 16.4. The van der Waals surface area contributed by atoms with E-state index in [-0.39, 0.29) is 24.1 Å². The molecule has 1 heterocycles. The number of benzene rings is 1. The number of amides is 1. The second-order valence-electron chi connectivity index (χ2n) is 6.60. The molecular formula is C18H21NO5. The minimum Gasteiger partial charge on any atom is -0.478 e. The van der Waals surface area contributed by atoms with Crippen molar-refractivity contribution < 1.29 is 24.9 Å². The number of aryl methyl sites for hydroxylation is 1. The van der Waals surface area contributed by atoms with Gasteiger partial charge in [0.1, 0.15) is 0 Å². The Balaban J connectivity index is 1.98. The Hall–Kier alpha value is -2.34. The van der Waals surface area contributed by atoms with Gasteiger partial charge < -0.3 is 20.2 Å². The highest BCUT2D eigenvalue weighted by molar-refractivity contribution is 6.00. The predicted molar refractivity (Wildman–Crippen MR) is 87.7 cm³/mol. The summed E-state index contributed by atoms with van der Waals surface area (Å²) in [7, 11) is 0. The van der Waals surface area contributed by atoms with Crippen LogP contribution >= 0.6 is 0 Å². The van der Waals surface area contributed by atoms with Gasteiger partial charge in [0, 0.05) is 18.6 Å². The summed E-state index contributed by atoms with van der Waals surface area (Å²) >= 11 is 0. The van der Waals surface area contributed by atoms with Crippen molar-refractivity contribution in [2.45, 2.75) is 25.7 Å². The molecular weight excluding hydrogens is 310 g/mol. The highest BCUT2D eigenvalue weighted by Crippen LogP contribution is 2.59. The van der Waals surface area contributed by atoms with E-state index in [1.54, 1.807) is 0 Å². The van der Waals surface area contributed by atoms with E-state index >= 15 is 0 Å². The van der Waals surface area contributed by atoms with Crippen LogP contribution in [0.25, 0.3) is 5.57 Å². The number of hydrogen-bond acceptors (Lipinski definition) is 3. The van der Waals surface area contributed by atoms with Crippen molar-refractivity contribution in [3.05, 3.63) is 41.0 Å². The van der Waals surface area contributed by atoms with Gasteiger partial charge in [0.05, 0.1) is 12.1 Å². The average molecular weight is 331 g/mol. The number of carboxylic acids is 1. The minimum atomic E-state index is -1.07. The Labute approximate surface area is 140 Å². The van der Waals surface area contributed by atoms with E-state index in [1.807, 2.05) is 24.3 Å². The van der Waals surface area contributed by atoms with Crippen molar-refractivity contribution in [1.29, 1.82) is 0 Å². The lowest BCUT2D eigenvalue weighted by Crippen LogP contribution is -2.42. The highest BCUT2D eigenvalue weighted by Gasteiger charge is 2.52. The number of carboxylic acid groups (broad SMARTS) is 2. The van der Waals surface area contributed by atoms with Crippen molar-refractivity contribution >= 4 is 17.6 Å². The lowest BCUT2D eigenvalue weighted by molar-refractivity contribution is -0.133. The summed E-state index contributed by atoms with van der Waals surface area (Å²) in [5.74, 6) is -1.05. The van der Waals surface area contributed by atoms with Gasteiger partial charge in [-0.2, -0.15) is 0 Å². The number of rotatable bonds is 5. The van der Waals surface area contributed by atoms with E-state index in [9.17, 15) is 19.8 Å². The van der Waals surface area contributed by atoms with Crippen LogP contribution in [0.4, 0.5) is 4.79 Å². The van der Waals surface area contributed by atoms with Crippen LogP contribution in [0.5, 0.6) is 0 Å². The van der Waals surface area contributed by atoms with Gasteiger partial charge in [-0.1, -0.05) is 24.3 Å². The monoisotopic (exact) mass is 331 g/mol. The molecule has 1 spiro atoms. The summed E-state index contributed by atoms with van der Waals surface area (Å²) < 4.78 is 0. The molecule has 1 aromatic rings. The van der Waals surface area contributed by atoms with Crippen molar-refractivity contribution in [3.8, 4) is 0 Å². The van der Waals surface area contributed by atoms with Gasteiger partial charge in [-0.05, 0) is 42.4 Å². The quantitative estimate of drug-likeness (QED) is 0.768. The summed E-state index contributed by atoms with van der Waals surface area (Å²) in [6.07, 6.45) is 2.03. The maximum atomic E-state index is 11.7. The normalized spacial score (nSPS) is 18.8. The second-order valence-corrected chi connectivity index (χ2v) is 6.60. The fraction of sp³-hybridized carbons (Fsp3) is 0.444. The molecule has 0 bridgehead atoms. The van der Waals surface area contributed by atoms with Crippen molar-refractivity contribution in [1.82, 2.24) is 4.90 Å². The van der Waals surface area contributed by atoms with Gasteiger partial charge in [-0.15, -0.1) is 0 Å². The maximum Gasteiger partial charge on any atom is 0.407 e. The van der Waals surface area contributed by atoms with Crippen LogP contribution in [0, 0.1) is 5.41 Å². The van der Waals surface area contributed by atoms with E-state index in [4.69, 9.17) is 5.11 Å². The van der Waals surface area contributed by atoms with Gasteiger partial charge in [0.25, 0.3) is 0 Å². The third-order valence-electron chi connectivity index (χ3n) is 4.92. The van der Waals surface area contributed by atoms with Crippen LogP contribution in [-0.2, 0) is 11.2 Å².